The molecule has 2 fully saturated rings. The van der Waals surface area contributed by atoms with Gasteiger partial charge in [0, 0.05) is 0 Å². The highest BCUT2D eigenvalue weighted by atomic mass is 16.5. The number of esters is 1. The van der Waals surface area contributed by atoms with Gasteiger partial charge in [-0.05, 0) is 44.7 Å². The summed E-state index contributed by atoms with van der Waals surface area (Å²) in [5.41, 5.74) is -0.0951. The molecule has 1 N–H and O–H groups in total. The molecule has 3 nitrogen and oxygen atoms in total. The summed E-state index contributed by atoms with van der Waals surface area (Å²) in [5, 5.41) is 3.34. The molecular weight excluding hydrogens is 166 g/mol. The Bertz CT molecular complexity index is 217. The van der Waals surface area contributed by atoms with Crippen LogP contribution in [0.3, 0.4) is 0 Å². The van der Waals surface area contributed by atoms with Crippen LogP contribution < -0.4 is 5.32 Å². The zero-order chi connectivity index (χ0) is 9.31. The lowest BCUT2D eigenvalue weighted by molar-refractivity contribution is -0.148. The first kappa shape index (κ1) is 9.00. The van der Waals surface area contributed by atoms with E-state index in [9.17, 15) is 4.79 Å². The summed E-state index contributed by atoms with van der Waals surface area (Å²) in [6, 6.07) is 0. The van der Waals surface area contributed by atoms with Crippen molar-refractivity contribution in [3.05, 3.63) is 0 Å². The fourth-order valence-electron chi connectivity index (χ4n) is 2.53. The number of nitrogens with one attached hydrogen (secondary N) is 1. The van der Waals surface area contributed by atoms with Crippen LogP contribution in [-0.4, -0.2) is 26.2 Å². The highest BCUT2D eigenvalue weighted by Gasteiger charge is 2.59. The van der Waals surface area contributed by atoms with Crippen molar-refractivity contribution in [2.75, 3.05) is 20.2 Å². The van der Waals surface area contributed by atoms with Gasteiger partial charge in [-0.2, -0.15) is 0 Å². The van der Waals surface area contributed by atoms with Crippen LogP contribution in [0.5, 0.6) is 0 Å². The molecule has 13 heavy (non-hydrogen) atoms. The summed E-state index contributed by atoms with van der Waals surface area (Å²) < 4.78 is 4.86. The minimum absolute atomic E-state index is 0.0150. The Hall–Kier alpha value is -0.570. The average Bonchev–Trinajstić information content (AvgIpc) is 2.78. The van der Waals surface area contributed by atoms with Crippen molar-refractivity contribution in [3.63, 3.8) is 0 Å². The van der Waals surface area contributed by atoms with E-state index in [0.717, 1.165) is 25.9 Å². The van der Waals surface area contributed by atoms with Crippen molar-refractivity contribution in [3.8, 4) is 0 Å². The summed E-state index contributed by atoms with van der Waals surface area (Å²) in [6.07, 6.45) is 4.40. The Morgan fingerprint density at radius 2 is 2.38 bits per heavy atom. The molecule has 0 radical (unpaired) electrons. The molecule has 1 aliphatic heterocycles. The number of fused-ring (bicyclic) bond motifs is 1. The maximum atomic E-state index is 11.5. The third-order valence-corrected chi connectivity index (χ3v) is 3.48. The molecule has 0 amide bonds. The van der Waals surface area contributed by atoms with Crippen LogP contribution in [0.15, 0.2) is 0 Å². The van der Waals surface area contributed by atoms with E-state index in [1.807, 2.05) is 0 Å². The maximum Gasteiger partial charge on any atom is 0.312 e. The molecule has 2 atom stereocenters. The quantitative estimate of drug-likeness (QED) is 0.615. The van der Waals surface area contributed by atoms with E-state index in [2.05, 4.69) is 5.32 Å². The zero-order valence-corrected chi connectivity index (χ0v) is 8.14. The smallest absolute Gasteiger partial charge is 0.312 e. The number of methoxy groups -OCH3 is 1. The second-order valence-electron chi connectivity index (χ2n) is 4.19. The first-order valence-electron chi connectivity index (χ1n) is 5.09. The highest BCUT2D eigenvalue weighted by Crippen LogP contribution is 2.58. The molecule has 0 aromatic heterocycles. The van der Waals surface area contributed by atoms with Gasteiger partial charge in [-0.1, -0.05) is 0 Å². The molecular formula is C10H17NO2. The van der Waals surface area contributed by atoms with Gasteiger partial charge in [-0.15, -0.1) is 0 Å². The van der Waals surface area contributed by atoms with Gasteiger partial charge in [0.25, 0.3) is 0 Å². The second-order valence-corrected chi connectivity index (χ2v) is 4.19. The monoisotopic (exact) mass is 183 g/mol. The molecule has 0 aromatic rings. The molecule has 1 aliphatic carbocycles. The Labute approximate surface area is 78.8 Å². The molecule has 2 aliphatic rings. The average molecular weight is 183 g/mol. The van der Waals surface area contributed by atoms with Crippen LogP contribution in [0.1, 0.15) is 25.7 Å². The first-order chi connectivity index (χ1) is 6.29. The molecule has 3 heteroatoms. The van der Waals surface area contributed by atoms with E-state index in [-0.39, 0.29) is 11.4 Å². The number of rotatable bonds is 1. The van der Waals surface area contributed by atoms with Crippen LogP contribution in [-0.2, 0) is 9.53 Å². The highest BCUT2D eigenvalue weighted by molar-refractivity contribution is 5.80. The lowest BCUT2D eigenvalue weighted by atomic mass is 9.96. The molecule has 0 spiro atoms. The standard InChI is InChI=1S/C10H17NO2/c1-13-9(12)10-4-6-11-5-2-3-8(10)7-10/h8,11H,2-7H2,1H3. The van der Waals surface area contributed by atoms with Gasteiger partial charge in [-0.25, -0.2) is 0 Å². The number of hydrogen-bond acceptors (Lipinski definition) is 3. The van der Waals surface area contributed by atoms with Crippen molar-refractivity contribution in [2.45, 2.75) is 25.7 Å². The van der Waals surface area contributed by atoms with E-state index in [1.54, 1.807) is 0 Å². The summed E-state index contributed by atoms with van der Waals surface area (Å²) in [4.78, 5) is 11.5. The number of hydrogen-bond donors (Lipinski definition) is 1. The summed E-state index contributed by atoms with van der Waals surface area (Å²) in [7, 11) is 1.50. The molecule has 1 heterocycles. The number of carbonyl (C=O) groups excluding carboxylic acids is 1. The summed E-state index contributed by atoms with van der Waals surface area (Å²) in [6.45, 7) is 2.07. The Morgan fingerprint density at radius 3 is 3.15 bits per heavy atom. The Kier molecular flexibility index (Phi) is 2.28. The number of carbonyl (C=O) groups is 1. The van der Waals surface area contributed by atoms with Crippen LogP contribution in [0, 0.1) is 11.3 Å². The Balaban J connectivity index is 2.02. The minimum atomic E-state index is -0.0951. The second kappa shape index (κ2) is 3.29. The van der Waals surface area contributed by atoms with Crippen LogP contribution in [0.2, 0.25) is 0 Å². The Morgan fingerprint density at radius 1 is 1.54 bits per heavy atom. The maximum absolute atomic E-state index is 11.5. The van der Waals surface area contributed by atoms with E-state index in [4.69, 9.17) is 4.74 Å². The summed E-state index contributed by atoms with van der Waals surface area (Å²) >= 11 is 0. The van der Waals surface area contributed by atoms with E-state index in [1.165, 1.54) is 20.0 Å². The van der Waals surface area contributed by atoms with Gasteiger partial charge in [0.2, 0.25) is 0 Å². The van der Waals surface area contributed by atoms with E-state index in [0.29, 0.717) is 5.92 Å². The molecule has 1 saturated heterocycles. The molecule has 2 rings (SSSR count). The SMILES string of the molecule is COC(=O)C12CCNCCCC1C2. The van der Waals surface area contributed by atoms with E-state index < -0.39 is 0 Å². The van der Waals surface area contributed by atoms with Gasteiger partial charge >= 0.3 is 5.97 Å². The topological polar surface area (TPSA) is 38.3 Å². The normalized spacial score (nSPS) is 38.4. The van der Waals surface area contributed by atoms with Crippen molar-refractivity contribution in [1.82, 2.24) is 5.32 Å². The molecule has 2 unspecified atom stereocenters. The van der Waals surface area contributed by atoms with E-state index >= 15 is 0 Å². The van der Waals surface area contributed by atoms with Crippen molar-refractivity contribution in [2.24, 2.45) is 11.3 Å². The van der Waals surface area contributed by atoms with Crippen LogP contribution >= 0.6 is 0 Å². The predicted molar refractivity (Wildman–Crippen MR) is 49.3 cm³/mol. The van der Waals surface area contributed by atoms with Crippen molar-refractivity contribution in [1.29, 1.82) is 0 Å². The fraction of sp³-hybridized carbons (Fsp3) is 0.900. The number of ether oxygens (including phenoxy) is 1. The van der Waals surface area contributed by atoms with Gasteiger partial charge in [0.05, 0.1) is 12.5 Å². The third kappa shape index (κ3) is 1.46. The first-order valence-corrected chi connectivity index (χ1v) is 5.09. The van der Waals surface area contributed by atoms with Crippen molar-refractivity contribution < 1.29 is 9.53 Å². The van der Waals surface area contributed by atoms with Crippen LogP contribution in [0.4, 0.5) is 0 Å². The third-order valence-electron chi connectivity index (χ3n) is 3.48. The summed E-state index contributed by atoms with van der Waals surface area (Å²) in [5.74, 6) is 0.628. The lowest BCUT2D eigenvalue weighted by Crippen LogP contribution is -2.29. The largest absolute Gasteiger partial charge is 0.469 e. The molecule has 1 saturated carbocycles. The minimum Gasteiger partial charge on any atom is -0.469 e. The van der Waals surface area contributed by atoms with Gasteiger partial charge < -0.3 is 10.1 Å². The molecule has 74 valence electrons. The van der Waals surface area contributed by atoms with Gasteiger partial charge in [0.1, 0.15) is 0 Å². The molecule has 0 bridgehead atoms. The predicted octanol–water partition coefficient (Wildman–Crippen LogP) is 0.939. The molecule has 0 aromatic carbocycles. The lowest BCUT2D eigenvalue weighted by Gasteiger charge is -2.18. The van der Waals surface area contributed by atoms with Gasteiger partial charge in [0.15, 0.2) is 0 Å². The van der Waals surface area contributed by atoms with Crippen LogP contribution in [0.25, 0.3) is 0 Å². The van der Waals surface area contributed by atoms with Crippen molar-refractivity contribution >= 4 is 5.97 Å². The van der Waals surface area contributed by atoms with Gasteiger partial charge in [-0.3, -0.25) is 4.79 Å². The zero-order valence-electron chi connectivity index (χ0n) is 8.14. The fourth-order valence-corrected chi connectivity index (χ4v) is 2.53.